The number of methoxy groups -OCH3 is 1. The zero-order valence-corrected chi connectivity index (χ0v) is 15.7. The molecule has 7 heteroatoms. The Balaban J connectivity index is 2.16. The molecule has 1 heterocycles. The number of hydrogen-bond donors (Lipinski definition) is 3. The number of nitrogens with one attached hydrogen (secondary N) is 2. The zero-order chi connectivity index (χ0) is 19.0. The van der Waals surface area contributed by atoms with Gasteiger partial charge in [-0.3, -0.25) is 0 Å². The highest BCUT2D eigenvalue weighted by molar-refractivity contribution is 5.94. The van der Waals surface area contributed by atoms with Crippen molar-refractivity contribution in [3.05, 3.63) is 42.4 Å². The summed E-state index contributed by atoms with van der Waals surface area (Å²) >= 11 is 0. The number of nitrogens with zero attached hydrogens (tertiary/aromatic N) is 1. The van der Waals surface area contributed by atoms with Crippen LogP contribution in [0.5, 0.6) is 11.5 Å². The topological polar surface area (TPSA) is 88.3 Å². The Kier molecular flexibility index (Phi) is 6.91. The van der Waals surface area contributed by atoms with Crippen LogP contribution >= 0.6 is 0 Å². The maximum absolute atomic E-state index is 10.5. The standard InChI is InChI=1S/C19H27N3O4/c1-5-20-18(21-13-19(3,23)17-8-7-11-26-17)22-14-9-10-15(24-4)16(12-14)25-6-2/h7-12,23H,5-6,13H2,1-4H3,(H2,20,21,22). The number of guanidine groups is 1. The minimum Gasteiger partial charge on any atom is -0.493 e. The van der Waals surface area contributed by atoms with Crippen molar-refractivity contribution in [2.45, 2.75) is 26.4 Å². The van der Waals surface area contributed by atoms with E-state index in [1.807, 2.05) is 32.0 Å². The van der Waals surface area contributed by atoms with Crippen LogP contribution in [0.25, 0.3) is 0 Å². The summed E-state index contributed by atoms with van der Waals surface area (Å²) in [4.78, 5) is 4.47. The monoisotopic (exact) mass is 361 g/mol. The third kappa shape index (κ3) is 5.16. The van der Waals surface area contributed by atoms with E-state index in [2.05, 4.69) is 15.6 Å². The highest BCUT2D eigenvalue weighted by Crippen LogP contribution is 2.30. The number of aliphatic imine (C=N–C) groups is 1. The number of aliphatic hydroxyl groups is 1. The van der Waals surface area contributed by atoms with Gasteiger partial charge >= 0.3 is 0 Å². The van der Waals surface area contributed by atoms with Crippen molar-refractivity contribution >= 4 is 11.6 Å². The Morgan fingerprint density at radius 1 is 1.27 bits per heavy atom. The van der Waals surface area contributed by atoms with Crippen molar-refractivity contribution in [1.29, 1.82) is 0 Å². The SMILES string of the molecule is CCNC(=NCC(C)(O)c1ccco1)Nc1ccc(OC)c(OCC)c1. The van der Waals surface area contributed by atoms with Crippen molar-refractivity contribution in [1.82, 2.24) is 5.32 Å². The molecular weight excluding hydrogens is 334 g/mol. The van der Waals surface area contributed by atoms with E-state index in [1.165, 1.54) is 6.26 Å². The number of benzene rings is 1. The zero-order valence-electron chi connectivity index (χ0n) is 15.7. The van der Waals surface area contributed by atoms with Gasteiger partial charge in [-0.2, -0.15) is 0 Å². The number of hydrogen-bond acceptors (Lipinski definition) is 5. The van der Waals surface area contributed by atoms with Crippen LogP contribution in [0.15, 0.2) is 46.0 Å². The lowest BCUT2D eigenvalue weighted by Crippen LogP contribution is -2.33. The van der Waals surface area contributed by atoms with Crippen LogP contribution < -0.4 is 20.1 Å². The Hall–Kier alpha value is -2.67. The molecule has 0 fully saturated rings. The normalized spacial score (nSPS) is 13.8. The van der Waals surface area contributed by atoms with Gasteiger partial charge in [-0.05, 0) is 45.0 Å². The van der Waals surface area contributed by atoms with Crippen molar-refractivity contribution in [3.8, 4) is 11.5 Å². The highest BCUT2D eigenvalue weighted by atomic mass is 16.5. The van der Waals surface area contributed by atoms with Crippen LogP contribution in [0.4, 0.5) is 5.69 Å². The second-order valence-corrected chi connectivity index (χ2v) is 5.87. The van der Waals surface area contributed by atoms with Gasteiger partial charge in [-0.25, -0.2) is 4.99 Å². The fourth-order valence-corrected chi connectivity index (χ4v) is 2.36. The number of rotatable bonds is 8. The lowest BCUT2D eigenvalue weighted by atomic mass is 10.0. The number of anilines is 1. The average molecular weight is 361 g/mol. The molecule has 0 spiro atoms. The van der Waals surface area contributed by atoms with E-state index in [9.17, 15) is 5.11 Å². The number of furan rings is 1. The first-order chi connectivity index (χ1) is 12.5. The molecule has 0 bridgehead atoms. The van der Waals surface area contributed by atoms with E-state index in [4.69, 9.17) is 13.9 Å². The fraction of sp³-hybridized carbons (Fsp3) is 0.421. The molecule has 26 heavy (non-hydrogen) atoms. The average Bonchev–Trinajstić information content (AvgIpc) is 3.16. The Morgan fingerprint density at radius 2 is 2.08 bits per heavy atom. The van der Waals surface area contributed by atoms with Gasteiger partial charge in [0.15, 0.2) is 17.5 Å². The van der Waals surface area contributed by atoms with Crippen LogP contribution in [0.1, 0.15) is 26.5 Å². The lowest BCUT2D eigenvalue weighted by molar-refractivity contribution is 0.0438. The van der Waals surface area contributed by atoms with Gasteiger partial charge in [0.25, 0.3) is 0 Å². The fourth-order valence-electron chi connectivity index (χ4n) is 2.36. The molecule has 0 aliphatic carbocycles. The first-order valence-corrected chi connectivity index (χ1v) is 8.62. The second kappa shape index (κ2) is 9.15. The molecule has 0 aliphatic rings. The van der Waals surface area contributed by atoms with Crippen molar-refractivity contribution in [2.24, 2.45) is 4.99 Å². The van der Waals surface area contributed by atoms with Crippen molar-refractivity contribution in [3.63, 3.8) is 0 Å². The molecule has 0 amide bonds. The largest absolute Gasteiger partial charge is 0.493 e. The quantitative estimate of drug-likeness (QED) is 0.495. The van der Waals surface area contributed by atoms with E-state index >= 15 is 0 Å². The predicted molar refractivity (Wildman–Crippen MR) is 102 cm³/mol. The summed E-state index contributed by atoms with van der Waals surface area (Å²) in [6, 6.07) is 9.02. The molecule has 2 rings (SSSR count). The van der Waals surface area contributed by atoms with Crippen LogP contribution in [-0.4, -0.2) is 37.9 Å². The van der Waals surface area contributed by atoms with Crippen molar-refractivity contribution in [2.75, 3.05) is 32.1 Å². The summed E-state index contributed by atoms with van der Waals surface area (Å²) < 4.78 is 16.2. The first-order valence-electron chi connectivity index (χ1n) is 8.62. The molecule has 0 radical (unpaired) electrons. The summed E-state index contributed by atoms with van der Waals surface area (Å²) in [5.74, 6) is 2.34. The maximum atomic E-state index is 10.5. The van der Waals surface area contributed by atoms with E-state index < -0.39 is 5.60 Å². The van der Waals surface area contributed by atoms with Crippen molar-refractivity contribution < 1.29 is 19.0 Å². The van der Waals surface area contributed by atoms with Crippen LogP contribution in [0.2, 0.25) is 0 Å². The summed E-state index contributed by atoms with van der Waals surface area (Å²) in [5.41, 5.74) is -0.394. The molecule has 1 unspecified atom stereocenters. The molecule has 3 N–H and O–H groups in total. The Labute approximate surface area is 154 Å². The Bertz CT molecular complexity index is 712. The molecule has 2 aromatic rings. The van der Waals surface area contributed by atoms with E-state index in [-0.39, 0.29) is 6.54 Å². The maximum Gasteiger partial charge on any atom is 0.195 e. The van der Waals surface area contributed by atoms with Gasteiger partial charge in [-0.1, -0.05) is 0 Å². The molecule has 1 atom stereocenters. The first kappa shape index (κ1) is 19.7. The molecule has 142 valence electrons. The van der Waals surface area contributed by atoms with Gasteiger partial charge in [0.2, 0.25) is 0 Å². The molecular formula is C19H27N3O4. The van der Waals surface area contributed by atoms with Crippen LogP contribution in [-0.2, 0) is 5.60 Å². The van der Waals surface area contributed by atoms with Crippen LogP contribution in [0, 0.1) is 0 Å². The summed E-state index contributed by atoms with van der Waals surface area (Å²) in [6.07, 6.45) is 1.53. The van der Waals surface area contributed by atoms with Gasteiger partial charge in [-0.15, -0.1) is 0 Å². The van der Waals surface area contributed by atoms with E-state index in [0.29, 0.717) is 36.4 Å². The van der Waals surface area contributed by atoms with Gasteiger partial charge in [0, 0.05) is 18.3 Å². The summed E-state index contributed by atoms with van der Waals surface area (Å²) in [7, 11) is 1.60. The Morgan fingerprint density at radius 3 is 2.69 bits per heavy atom. The molecule has 1 aromatic heterocycles. The molecule has 0 saturated heterocycles. The smallest absolute Gasteiger partial charge is 0.195 e. The summed E-state index contributed by atoms with van der Waals surface area (Å²) in [5, 5.41) is 16.9. The van der Waals surface area contributed by atoms with E-state index in [0.717, 1.165) is 5.69 Å². The highest BCUT2D eigenvalue weighted by Gasteiger charge is 2.26. The predicted octanol–water partition coefficient (Wildman–Crippen LogP) is 2.97. The molecule has 0 aliphatic heterocycles. The number of ether oxygens (including phenoxy) is 2. The molecule has 7 nitrogen and oxygen atoms in total. The summed E-state index contributed by atoms with van der Waals surface area (Å²) in [6.45, 7) is 6.93. The third-order valence-electron chi connectivity index (χ3n) is 3.67. The van der Waals surface area contributed by atoms with Gasteiger partial charge in [0.05, 0.1) is 26.5 Å². The van der Waals surface area contributed by atoms with Gasteiger partial charge < -0.3 is 29.6 Å². The lowest BCUT2D eigenvalue weighted by Gasteiger charge is -2.20. The second-order valence-electron chi connectivity index (χ2n) is 5.87. The minimum atomic E-state index is -1.19. The third-order valence-corrected chi connectivity index (χ3v) is 3.67. The minimum absolute atomic E-state index is 0.143. The molecule has 0 saturated carbocycles. The molecule has 1 aromatic carbocycles. The van der Waals surface area contributed by atoms with Crippen LogP contribution in [0.3, 0.4) is 0 Å². The van der Waals surface area contributed by atoms with E-state index in [1.54, 1.807) is 26.2 Å². The van der Waals surface area contributed by atoms with Gasteiger partial charge in [0.1, 0.15) is 11.4 Å².